The molecule has 0 aliphatic carbocycles. The summed E-state index contributed by atoms with van der Waals surface area (Å²) < 4.78 is 41.0. The van der Waals surface area contributed by atoms with Gasteiger partial charge in [-0.1, -0.05) is 30.3 Å². The van der Waals surface area contributed by atoms with Gasteiger partial charge in [0.25, 0.3) is 0 Å². The number of rotatable bonds is 4. The first kappa shape index (κ1) is 15.7. The van der Waals surface area contributed by atoms with Gasteiger partial charge < -0.3 is 0 Å². The van der Waals surface area contributed by atoms with Gasteiger partial charge in [-0.15, -0.1) is 0 Å². The Labute approximate surface area is 124 Å². The van der Waals surface area contributed by atoms with Crippen molar-refractivity contribution >= 4 is 10.0 Å². The van der Waals surface area contributed by atoms with E-state index in [1.807, 2.05) is 30.3 Å². The van der Waals surface area contributed by atoms with Crippen LogP contribution in [0.4, 0.5) is 4.39 Å². The Kier molecular flexibility index (Phi) is 4.44. The summed E-state index contributed by atoms with van der Waals surface area (Å²) in [6.45, 7) is 4.97. The van der Waals surface area contributed by atoms with Crippen molar-refractivity contribution in [3.8, 4) is 0 Å². The molecule has 0 fully saturated rings. The molecular formula is C16H18FNO2S. The highest BCUT2D eigenvalue weighted by Gasteiger charge is 2.22. The molecule has 0 bridgehead atoms. The predicted octanol–water partition coefficient (Wildman–Crippen LogP) is 3.48. The van der Waals surface area contributed by atoms with Gasteiger partial charge in [0.05, 0.1) is 4.90 Å². The maximum Gasteiger partial charge on any atom is 0.241 e. The van der Waals surface area contributed by atoms with Gasteiger partial charge >= 0.3 is 0 Å². The van der Waals surface area contributed by atoms with Crippen molar-refractivity contribution < 1.29 is 12.8 Å². The van der Waals surface area contributed by atoms with Gasteiger partial charge in [0.15, 0.2) is 0 Å². The lowest BCUT2D eigenvalue weighted by Crippen LogP contribution is -2.28. The number of hydrogen-bond donors (Lipinski definition) is 1. The van der Waals surface area contributed by atoms with Crippen LogP contribution in [0.15, 0.2) is 47.4 Å². The van der Waals surface area contributed by atoms with Gasteiger partial charge in [-0.2, -0.15) is 0 Å². The number of halogens is 1. The van der Waals surface area contributed by atoms with E-state index in [1.165, 1.54) is 12.1 Å². The summed E-state index contributed by atoms with van der Waals surface area (Å²) in [4.78, 5) is 0.145. The second-order valence-corrected chi connectivity index (χ2v) is 6.77. The van der Waals surface area contributed by atoms with Crippen LogP contribution >= 0.6 is 0 Å². The van der Waals surface area contributed by atoms with E-state index in [-0.39, 0.29) is 10.9 Å². The van der Waals surface area contributed by atoms with Crippen LogP contribution in [0.5, 0.6) is 0 Å². The Morgan fingerprint density at radius 2 is 1.57 bits per heavy atom. The summed E-state index contributed by atoms with van der Waals surface area (Å²) in [6, 6.07) is 11.4. The Bertz CT molecular complexity index is 719. The molecule has 0 aliphatic rings. The van der Waals surface area contributed by atoms with Crippen molar-refractivity contribution in [1.82, 2.24) is 4.72 Å². The zero-order chi connectivity index (χ0) is 15.6. The van der Waals surface area contributed by atoms with Crippen molar-refractivity contribution in [3.05, 3.63) is 65.0 Å². The van der Waals surface area contributed by atoms with Gasteiger partial charge in [-0.05, 0) is 49.6 Å². The molecular weight excluding hydrogens is 289 g/mol. The van der Waals surface area contributed by atoms with E-state index >= 15 is 0 Å². The minimum Gasteiger partial charge on any atom is -0.207 e. The van der Waals surface area contributed by atoms with E-state index in [1.54, 1.807) is 20.8 Å². The van der Waals surface area contributed by atoms with E-state index in [0.29, 0.717) is 11.1 Å². The topological polar surface area (TPSA) is 46.2 Å². The summed E-state index contributed by atoms with van der Waals surface area (Å²) in [7, 11) is -3.70. The zero-order valence-electron chi connectivity index (χ0n) is 12.2. The number of aryl methyl sites for hydroxylation is 2. The molecule has 1 N–H and O–H groups in total. The zero-order valence-corrected chi connectivity index (χ0v) is 13.0. The van der Waals surface area contributed by atoms with Crippen molar-refractivity contribution in [2.75, 3.05) is 0 Å². The van der Waals surface area contributed by atoms with Crippen LogP contribution < -0.4 is 4.72 Å². The third-order valence-electron chi connectivity index (χ3n) is 3.33. The molecule has 5 heteroatoms. The third kappa shape index (κ3) is 3.49. The summed E-state index contributed by atoms with van der Waals surface area (Å²) in [5.41, 5.74) is 1.68. The van der Waals surface area contributed by atoms with Gasteiger partial charge in [-0.25, -0.2) is 17.5 Å². The normalized spacial score (nSPS) is 13.1. The molecule has 3 nitrogen and oxygen atoms in total. The summed E-state index contributed by atoms with van der Waals surface area (Å²) in [6.07, 6.45) is 0. The maximum absolute atomic E-state index is 13.3. The largest absolute Gasteiger partial charge is 0.241 e. The van der Waals surface area contributed by atoms with E-state index in [4.69, 9.17) is 0 Å². The quantitative estimate of drug-likeness (QED) is 0.940. The summed E-state index contributed by atoms with van der Waals surface area (Å²) >= 11 is 0. The van der Waals surface area contributed by atoms with Gasteiger partial charge in [-0.3, -0.25) is 0 Å². The first-order valence-corrected chi connectivity index (χ1v) is 8.13. The minimum absolute atomic E-state index is 0.145. The maximum atomic E-state index is 13.3. The lowest BCUT2D eigenvalue weighted by atomic mass is 10.1. The molecule has 112 valence electrons. The van der Waals surface area contributed by atoms with Crippen molar-refractivity contribution in [2.45, 2.75) is 31.7 Å². The highest BCUT2D eigenvalue weighted by molar-refractivity contribution is 7.89. The summed E-state index contributed by atoms with van der Waals surface area (Å²) in [5.74, 6) is -0.431. The fourth-order valence-corrected chi connectivity index (χ4v) is 4.11. The molecule has 0 unspecified atom stereocenters. The SMILES string of the molecule is Cc1cc(F)cc(C)c1S(=O)(=O)N[C@H](C)c1ccccc1. The summed E-state index contributed by atoms with van der Waals surface area (Å²) in [5, 5.41) is 0. The highest BCUT2D eigenvalue weighted by atomic mass is 32.2. The van der Waals surface area contributed by atoms with Crippen molar-refractivity contribution in [2.24, 2.45) is 0 Å². The molecule has 21 heavy (non-hydrogen) atoms. The number of hydrogen-bond acceptors (Lipinski definition) is 2. The molecule has 2 rings (SSSR count). The van der Waals surface area contributed by atoms with Crippen LogP contribution in [-0.2, 0) is 10.0 Å². The van der Waals surface area contributed by atoms with Crippen molar-refractivity contribution in [3.63, 3.8) is 0 Å². The van der Waals surface area contributed by atoms with Gasteiger partial charge in [0.1, 0.15) is 5.82 Å². The molecule has 2 aromatic carbocycles. The minimum atomic E-state index is -3.70. The molecule has 0 heterocycles. The second kappa shape index (κ2) is 5.95. The molecule has 0 radical (unpaired) electrons. The Morgan fingerprint density at radius 3 is 2.10 bits per heavy atom. The van der Waals surface area contributed by atoms with Crippen LogP contribution in [0.2, 0.25) is 0 Å². The lowest BCUT2D eigenvalue weighted by Gasteiger charge is -2.17. The molecule has 0 spiro atoms. The van der Waals surface area contributed by atoms with Crippen LogP contribution in [0.1, 0.15) is 29.7 Å². The second-order valence-electron chi connectivity index (χ2n) is 5.12. The molecule has 0 saturated carbocycles. The molecule has 0 saturated heterocycles. The van der Waals surface area contributed by atoms with E-state index in [0.717, 1.165) is 5.56 Å². The lowest BCUT2D eigenvalue weighted by molar-refractivity contribution is 0.564. The molecule has 0 aromatic heterocycles. The number of sulfonamides is 1. The number of benzene rings is 2. The van der Waals surface area contributed by atoms with E-state index in [2.05, 4.69) is 4.72 Å². The smallest absolute Gasteiger partial charge is 0.207 e. The Morgan fingerprint density at radius 1 is 1.05 bits per heavy atom. The van der Waals surface area contributed by atoms with Crippen LogP contribution in [-0.4, -0.2) is 8.42 Å². The average molecular weight is 307 g/mol. The number of nitrogens with one attached hydrogen (secondary N) is 1. The Hall–Kier alpha value is -1.72. The van der Waals surface area contributed by atoms with E-state index in [9.17, 15) is 12.8 Å². The van der Waals surface area contributed by atoms with Crippen LogP contribution in [0.3, 0.4) is 0 Å². The third-order valence-corrected chi connectivity index (χ3v) is 5.17. The molecule has 2 aromatic rings. The first-order chi connectivity index (χ1) is 9.81. The predicted molar refractivity (Wildman–Crippen MR) is 81.1 cm³/mol. The van der Waals surface area contributed by atoms with Crippen LogP contribution in [0.25, 0.3) is 0 Å². The monoisotopic (exact) mass is 307 g/mol. The Balaban J connectivity index is 2.36. The van der Waals surface area contributed by atoms with Crippen LogP contribution in [0, 0.1) is 19.7 Å². The molecule has 0 amide bonds. The molecule has 1 atom stereocenters. The standard InChI is InChI=1S/C16H18FNO2S/c1-11-9-15(17)10-12(2)16(11)21(19,20)18-13(3)14-7-5-4-6-8-14/h4-10,13,18H,1-3H3/t13-/m1/s1. The van der Waals surface area contributed by atoms with Crippen molar-refractivity contribution in [1.29, 1.82) is 0 Å². The van der Waals surface area contributed by atoms with Gasteiger partial charge in [0.2, 0.25) is 10.0 Å². The highest BCUT2D eigenvalue weighted by Crippen LogP contribution is 2.23. The fourth-order valence-electron chi connectivity index (χ4n) is 2.42. The first-order valence-electron chi connectivity index (χ1n) is 6.65. The average Bonchev–Trinajstić information content (AvgIpc) is 2.37. The fraction of sp³-hybridized carbons (Fsp3) is 0.250. The van der Waals surface area contributed by atoms with E-state index < -0.39 is 15.8 Å². The van der Waals surface area contributed by atoms with Gasteiger partial charge in [0, 0.05) is 6.04 Å². The molecule has 0 aliphatic heterocycles.